The van der Waals surface area contributed by atoms with Crippen molar-refractivity contribution in [3.8, 4) is 0 Å². The van der Waals surface area contributed by atoms with Gasteiger partial charge in [0.1, 0.15) is 12.4 Å². The van der Waals surface area contributed by atoms with Crippen molar-refractivity contribution in [1.29, 1.82) is 0 Å². The van der Waals surface area contributed by atoms with Crippen LogP contribution in [0, 0.1) is 35.4 Å². The Bertz CT molecular complexity index is 880. The first-order valence-electron chi connectivity index (χ1n) is 13.0. The van der Waals surface area contributed by atoms with Crippen molar-refractivity contribution in [2.45, 2.75) is 96.1 Å². The summed E-state index contributed by atoms with van der Waals surface area (Å²) in [6, 6.07) is 5.19. The van der Waals surface area contributed by atoms with E-state index in [2.05, 4.69) is 11.9 Å². The summed E-state index contributed by atoms with van der Waals surface area (Å²) in [5, 5.41) is 11.6. The van der Waals surface area contributed by atoms with E-state index >= 15 is 4.39 Å². The van der Waals surface area contributed by atoms with E-state index in [0.29, 0.717) is 24.0 Å². The molecule has 6 unspecified atom stereocenters. The fraction of sp³-hybridized carbons (Fsp3) is 0.750. The van der Waals surface area contributed by atoms with Crippen molar-refractivity contribution >= 4 is 5.90 Å². The third kappa shape index (κ3) is 4.13. The van der Waals surface area contributed by atoms with Crippen LogP contribution in [0.1, 0.15) is 96.1 Å². The Kier molecular flexibility index (Phi) is 5.89. The van der Waals surface area contributed by atoms with Crippen LogP contribution in [-0.4, -0.2) is 23.2 Å². The lowest BCUT2D eigenvalue weighted by molar-refractivity contribution is -0.0843. The van der Waals surface area contributed by atoms with Crippen molar-refractivity contribution < 1.29 is 14.2 Å². The van der Waals surface area contributed by atoms with Crippen LogP contribution in [0.3, 0.4) is 0 Å². The Morgan fingerprint density at radius 1 is 1.09 bits per heavy atom. The molecule has 3 aliphatic carbocycles. The molecule has 4 aliphatic rings. The van der Waals surface area contributed by atoms with E-state index in [4.69, 9.17) is 4.74 Å². The van der Waals surface area contributed by atoms with Crippen LogP contribution >= 0.6 is 0 Å². The van der Waals surface area contributed by atoms with Crippen LogP contribution in [0.25, 0.3) is 0 Å². The third-order valence-corrected chi connectivity index (χ3v) is 9.10. The number of hydrogen-bond acceptors (Lipinski definition) is 3. The van der Waals surface area contributed by atoms with Gasteiger partial charge in [-0.2, -0.15) is 0 Å². The molecule has 0 spiro atoms. The molecule has 1 N–H and O–H groups in total. The van der Waals surface area contributed by atoms with E-state index in [1.54, 1.807) is 6.07 Å². The molecule has 6 atom stereocenters. The van der Waals surface area contributed by atoms with Crippen molar-refractivity contribution in [3.63, 3.8) is 0 Å². The molecule has 0 amide bonds. The van der Waals surface area contributed by atoms with Gasteiger partial charge in [0.15, 0.2) is 0 Å². The van der Waals surface area contributed by atoms with E-state index in [0.717, 1.165) is 48.5 Å². The molecule has 4 heteroatoms. The monoisotopic (exact) mass is 441 g/mol. The molecule has 0 bridgehead atoms. The van der Waals surface area contributed by atoms with E-state index in [1.165, 1.54) is 51.0 Å². The number of nitrogens with zero attached hydrogens (tertiary/aromatic N) is 1. The van der Waals surface area contributed by atoms with Crippen LogP contribution in [0.4, 0.5) is 4.39 Å². The molecule has 1 aromatic rings. The van der Waals surface area contributed by atoms with Gasteiger partial charge in [0.05, 0.1) is 16.7 Å². The molecule has 5 rings (SSSR count). The van der Waals surface area contributed by atoms with Crippen molar-refractivity contribution in [2.24, 2.45) is 34.6 Å². The number of ether oxygens (including phenoxy) is 1. The average molecular weight is 442 g/mol. The summed E-state index contributed by atoms with van der Waals surface area (Å²) in [6.45, 7) is 6.75. The topological polar surface area (TPSA) is 41.8 Å². The predicted octanol–water partition coefficient (Wildman–Crippen LogP) is 6.61. The predicted molar refractivity (Wildman–Crippen MR) is 126 cm³/mol. The minimum absolute atomic E-state index is 0.314. The van der Waals surface area contributed by atoms with Crippen molar-refractivity contribution in [3.05, 3.63) is 35.1 Å². The number of aliphatic imine (C=N–C) groups is 1. The second-order valence-electron chi connectivity index (χ2n) is 11.9. The summed E-state index contributed by atoms with van der Waals surface area (Å²) in [4.78, 5) is 4.51. The van der Waals surface area contributed by atoms with Gasteiger partial charge < -0.3 is 9.84 Å². The molecule has 1 aliphatic heterocycles. The second-order valence-corrected chi connectivity index (χ2v) is 11.9. The van der Waals surface area contributed by atoms with Gasteiger partial charge in [-0.15, -0.1) is 0 Å². The fourth-order valence-electron chi connectivity index (χ4n) is 7.55. The first-order valence-corrected chi connectivity index (χ1v) is 13.0. The summed E-state index contributed by atoms with van der Waals surface area (Å²) in [7, 11) is 0. The number of fused-ring (bicyclic) bond motifs is 3. The van der Waals surface area contributed by atoms with Crippen molar-refractivity contribution in [1.82, 2.24) is 0 Å². The van der Waals surface area contributed by atoms with Gasteiger partial charge >= 0.3 is 0 Å². The maximum absolute atomic E-state index is 15.1. The summed E-state index contributed by atoms with van der Waals surface area (Å²) < 4.78 is 20.7. The molecule has 176 valence electrons. The zero-order chi connectivity index (χ0) is 22.5. The van der Waals surface area contributed by atoms with Gasteiger partial charge in [0, 0.05) is 0 Å². The normalized spacial score (nSPS) is 38.4. The number of halogens is 1. The summed E-state index contributed by atoms with van der Waals surface area (Å²) in [6.07, 6.45) is 12.1. The highest BCUT2D eigenvalue weighted by Crippen LogP contribution is 2.56. The van der Waals surface area contributed by atoms with Gasteiger partial charge in [-0.05, 0) is 106 Å². The minimum atomic E-state index is -0.912. The molecule has 3 saturated carbocycles. The molecule has 3 fully saturated rings. The smallest absolute Gasteiger partial charge is 0.219 e. The Morgan fingerprint density at radius 2 is 1.88 bits per heavy atom. The van der Waals surface area contributed by atoms with Gasteiger partial charge in [-0.3, -0.25) is 0 Å². The zero-order valence-electron chi connectivity index (χ0n) is 20.1. The van der Waals surface area contributed by atoms with E-state index in [1.807, 2.05) is 19.9 Å². The van der Waals surface area contributed by atoms with Gasteiger partial charge in [0.25, 0.3) is 0 Å². The number of hydrogen-bond donors (Lipinski definition) is 1. The molecule has 1 heterocycles. The number of aliphatic hydroxyl groups is 1. The lowest BCUT2D eigenvalue weighted by Crippen LogP contribution is -2.45. The minimum Gasteiger partial charge on any atom is -0.475 e. The molecule has 1 aromatic carbocycles. The maximum atomic E-state index is 15.1. The van der Waals surface area contributed by atoms with Crippen LogP contribution in [0.2, 0.25) is 0 Å². The lowest BCUT2D eigenvalue weighted by Gasteiger charge is -2.52. The molecule has 0 aromatic heterocycles. The Labute approximate surface area is 192 Å². The van der Waals surface area contributed by atoms with Crippen LogP contribution in [0.15, 0.2) is 23.2 Å². The van der Waals surface area contributed by atoms with Gasteiger partial charge in [-0.25, -0.2) is 9.38 Å². The quantitative estimate of drug-likeness (QED) is 0.571. The van der Waals surface area contributed by atoms with E-state index in [9.17, 15) is 5.11 Å². The van der Waals surface area contributed by atoms with Crippen LogP contribution in [-0.2, 0) is 10.3 Å². The number of rotatable bonds is 4. The fourth-order valence-corrected chi connectivity index (χ4v) is 7.55. The third-order valence-electron chi connectivity index (χ3n) is 9.10. The molecule has 0 radical (unpaired) electrons. The summed E-state index contributed by atoms with van der Waals surface area (Å²) >= 11 is 0. The Hall–Kier alpha value is -1.42. The zero-order valence-corrected chi connectivity index (χ0v) is 20.1. The number of benzene rings is 1. The standard InChI is InChI=1S/C28H40FNO2/c1-4-5-18-6-10-22-19(14-18)7-8-20-16-28(31,13-12-23(20)22)21-9-11-24(25(29)15-21)26-30-27(2,3)17-32-26/h9,11,15,18-20,22-23,31H,4-8,10,12-14,16-17H2,1-3H3. The largest absolute Gasteiger partial charge is 0.475 e. The molecule has 0 saturated heterocycles. The van der Waals surface area contributed by atoms with E-state index < -0.39 is 5.60 Å². The Balaban J connectivity index is 1.29. The van der Waals surface area contributed by atoms with Gasteiger partial charge in [0.2, 0.25) is 5.90 Å². The highest BCUT2D eigenvalue weighted by molar-refractivity contribution is 5.95. The maximum Gasteiger partial charge on any atom is 0.219 e. The van der Waals surface area contributed by atoms with Gasteiger partial charge in [-0.1, -0.05) is 32.3 Å². The molecular weight excluding hydrogens is 401 g/mol. The average Bonchev–Trinajstić information content (AvgIpc) is 3.13. The molecular formula is C28H40FNO2. The molecule has 32 heavy (non-hydrogen) atoms. The van der Waals surface area contributed by atoms with Crippen molar-refractivity contribution in [2.75, 3.05) is 6.61 Å². The molecule has 3 nitrogen and oxygen atoms in total. The Morgan fingerprint density at radius 3 is 2.59 bits per heavy atom. The second kappa shape index (κ2) is 8.42. The van der Waals surface area contributed by atoms with Crippen LogP contribution < -0.4 is 0 Å². The first-order chi connectivity index (χ1) is 15.3. The van der Waals surface area contributed by atoms with E-state index in [-0.39, 0.29) is 11.4 Å². The highest BCUT2D eigenvalue weighted by Gasteiger charge is 2.48. The lowest BCUT2D eigenvalue weighted by atomic mass is 9.54. The SMILES string of the molecule is CCCC1CCC2C(CCC3CC(O)(c4ccc(C5=NC(C)(C)CO5)c(F)c4)CCC32)C1. The summed E-state index contributed by atoms with van der Waals surface area (Å²) in [5.74, 6) is 4.07. The highest BCUT2D eigenvalue weighted by atomic mass is 19.1. The summed E-state index contributed by atoms with van der Waals surface area (Å²) in [5.41, 5.74) is -0.0968. The first kappa shape index (κ1) is 22.4. The van der Waals surface area contributed by atoms with Crippen LogP contribution in [0.5, 0.6) is 0 Å².